The summed E-state index contributed by atoms with van der Waals surface area (Å²) in [5.74, 6) is 1.70. The zero-order chi connectivity index (χ0) is 13.1. The Morgan fingerprint density at radius 1 is 1.33 bits per heavy atom. The topological polar surface area (TPSA) is 53.1 Å². The zero-order valence-corrected chi connectivity index (χ0v) is 11.1. The van der Waals surface area contributed by atoms with E-state index in [0.717, 1.165) is 29.1 Å². The number of imidazole rings is 1. The Labute approximate surface area is 107 Å². The highest BCUT2D eigenvalue weighted by atomic mass is 16.5. The van der Waals surface area contributed by atoms with Crippen LogP contribution >= 0.6 is 0 Å². The molecule has 0 aliphatic carbocycles. The molecule has 0 amide bonds. The average molecular weight is 245 g/mol. The molecule has 0 saturated carbocycles. The molecule has 2 aromatic rings. The van der Waals surface area contributed by atoms with Crippen LogP contribution in [0.25, 0.3) is 11.3 Å². The number of benzene rings is 1. The van der Waals surface area contributed by atoms with Crippen LogP contribution in [-0.2, 0) is 24.8 Å². The number of aromatic nitrogens is 2. The molecule has 0 bridgehead atoms. The minimum Gasteiger partial charge on any atom is -0.383 e. The second kappa shape index (κ2) is 5.23. The first-order chi connectivity index (χ1) is 8.69. The van der Waals surface area contributed by atoms with E-state index in [4.69, 9.17) is 10.5 Å². The van der Waals surface area contributed by atoms with Gasteiger partial charge in [-0.15, -0.1) is 0 Å². The van der Waals surface area contributed by atoms with Crippen LogP contribution < -0.4 is 5.73 Å². The standard InChI is InChI=1S/C14H19N3O/c1-4-12-16-13(14(15)17(12)2)11-8-6-5-7-10(11)9-18-3/h5-8H,4,9,15H2,1-3H3. The van der Waals surface area contributed by atoms with Crippen molar-refractivity contribution >= 4 is 5.82 Å². The van der Waals surface area contributed by atoms with E-state index in [1.54, 1.807) is 7.11 Å². The van der Waals surface area contributed by atoms with Gasteiger partial charge in [0.25, 0.3) is 0 Å². The number of ether oxygens (including phenoxy) is 1. The van der Waals surface area contributed by atoms with Gasteiger partial charge in [0.05, 0.1) is 6.61 Å². The summed E-state index contributed by atoms with van der Waals surface area (Å²) in [7, 11) is 3.64. The molecule has 18 heavy (non-hydrogen) atoms. The average Bonchev–Trinajstić information content (AvgIpc) is 2.67. The minimum atomic E-state index is 0.563. The van der Waals surface area contributed by atoms with E-state index >= 15 is 0 Å². The van der Waals surface area contributed by atoms with Gasteiger partial charge in [0, 0.05) is 26.1 Å². The van der Waals surface area contributed by atoms with Crippen LogP contribution in [-0.4, -0.2) is 16.7 Å². The lowest BCUT2D eigenvalue weighted by Gasteiger charge is -2.07. The Hall–Kier alpha value is -1.81. The lowest BCUT2D eigenvalue weighted by atomic mass is 10.1. The van der Waals surface area contributed by atoms with Crippen molar-refractivity contribution in [2.75, 3.05) is 12.8 Å². The summed E-state index contributed by atoms with van der Waals surface area (Å²) >= 11 is 0. The fourth-order valence-electron chi connectivity index (χ4n) is 2.11. The molecule has 4 heteroatoms. The number of hydrogen-bond acceptors (Lipinski definition) is 3. The quantitative estimate of drug-likeness (QED) is 0.899. The van der Waals surface area contributed by atoms with Crippen molar-refractivity contribution in [3.05, 3.63) is 35.7 Å². The van der Waals surface area contributed by atoms with Gasteiger partial charge in [-0.3, -0.25) is 0 Å². The van der Waals surface area contributed by atoms with Crippen molar-refractivity contribution in [3.63, 3.8) is 0 Å². The van der Waals surface area contributed by atoms with E-state index in [0.29, 0.717) is 12.4 Å². The summed E-state index contributed by atoms with van der Waals surface area (Å²) in [5.41, 5.74) is 9.14. The molecule has 2 rings (SSSR count). The van der Waals surface area contributed by atoms with Crippen LogP contribution in [0.4, 0.5) is 5.82 Å². The van der Waals surface area contributed by atoms with Crippen molar-refractivity contribution in [1.82, 2.24) is 9.55 Å². The maximum absolute atomic E-state index is 6.14. The van der Waals surface area contributed by atoms with E-state index in [-0.39, 0.29) is 0 Å². The molecule has 0 aliphatic rings. The number of anilines is 1. The molecule has 0 unspecified atom stereocenters. The summed E-state index contributed by atoms with van der Waals surface area (Å²) in [6.07, 6.45) is 0.868. The first kappa shape index (κ1) is 12.6. The fraction of sp³-hybridized carbons (Fsp3) is 0.357. The molecule has 2 N–H and O–H groups in total. The second-order valence-electron chi connectivity index (χ2n) is 4.26. The highest BCUT2D eigenvalue weighted by Gasteiger charge is 2.15. The Morgan fingerprint density at radius 3 is 2.67 bits per heavy atom. The minimum absolute atomic E-state index is 0.563. The fourth-order valence-corrected chi connectivity index (χ4v) is 2.11. The first-order valence-electron chi connectivity index (χ1n) is 6.07. The van der Waals surface area contributed by atoms with Gasteiger partial charge >= 0.3 is 0 Å². The third-order valence-electron chi connectivity index (χ3n) is 3.12. The number of nitrogen functional groups attached to an aromatic ring is 1. The van der Waals surface area contributed by atoms with Crippen molar-refractivity contribution in [3.8, 4) is 11.3 Å². The molecule has 0 spiro atoms. The Kier molecular flexibility index (Phi) is 3.67. The number of nitrogens with two attached hydrogens (primary N) is 1. The first-order valence-corrected chi connectivity index (χ1v) is 6.07. The Balaban J connectivity index is 2.55. The normalized spacial score (nSPS) is 10.8. The van der Waals surface area contributed by atoms with Gasteiger partial charge in [-0.2, -0.15) is 0 Å². The van der Waals surface area contributed by atoms with Crippen LogP contribution in [0.1, 0.15) is 18.3 Å². The molecule has 0 radical (unpaired) electrons. The number of methoxy groups -OCH3 is 1. The molecule has 0 atom stereocenters. The molecule has 4 nitrogen and oxygen atoms in total. The summed E-state index contributed by atoms with van der Waals surface area (Å²) in [6.45, 7) is 2.64. The molecular weight excluding hydrogens is 226 g/mol. The van der Waals surface area contributed by atoms with Crippen LogP contribution in [0.3, 0.4) is 0 Å². The SMILES string of the molecule is CCc1nc(-c2ccccc2COC)c(N)n1C. The largest absolute Gasteiger partial charge is 0.383 e. The van der Waals surface area contributed by atoms with Crippen molar-refractivity contribution < 1.29 is 4.74 Å². The maximum atomic E-state index is 6.14. The molecule has 0 fully saturated rings. The van der Waals surface area contributed by atoms with Gasteiger partial charge in [0.15, 0.2) is 0 Å². The van der Waals surface area contributed by atoms with Crippen molar-refractivity contribution in [2.45, 2.75) is 20.0 Å². The molecule has 0 saturated heterocycles. The lowest BCUT2D eigenvalue weighted by molar-refractivity contribution is 0.185. The number of aryl methyl sites for hydroxylation is 1. The third kappa shape index (κ3) is 2.11. The van der Waals surface area contributed by atoms with Gasteiger partial charge in [0.2, 0.25) is 0 Å². The van der Waals surface area contributed by atoms with Crippen LogP contribution in [0.5, 0.6) is 0 Å². The maximum Gasteiger partial charge on any atom is 0.131 e. The Bertz CT molecular complexity index is 546. The van der Waals surface area contributed by atoms with E-state index < -0.39 is 0 Å². The van der Waals surface area contributed by atoms with E-state index in [2.05, 4.69) is 11.9 Å². The smallest absolute Gasteiger partial charge is 0.131 e. The molecule has 1 aromatic heterocycles. The van der Waals surface area contributed by atoms with E-state index in [9.17, 15) is 0 Å². The molecule has 0 aliphatic heterocycles. The van der Waals surface area contributed by atoms with Crippen LogP contribution in [0.2, 0.25) is 0 Å². The predicted molar refractivity (Wildman–Crippen MR) is 73.1 cm³/mol. The van der Waals surface area contributed by atoms with Gasteiger partial charge in [-0.1, -0.05) is 31.2 Å². The Morgan fingerprint density at radius 2 is 2.06 bits per heavy atom. The van der Waals surface area contributed by atoms with Crippen LogP contribution in [0, 0.1) is 0 Å². The summed E-state index contributed by atoms with van der Waals surface area (Å²) < 4.78 is 7.16. The van der Waals surface area contributed by atoms with Gasteiger partial charge < -0.3 is 15.0 Å². The third-order valence-corrected chi connectivity index (χ3v) is 3.12. The van der Waals surface area contributed by atoms with Gasteiger partial charge in [0.1, 0.15) is 17.3 Å². The summed E-state index contributed by atoms with van der Waals surface area (Å²) in [5, 5.41) is 0. The molecule has 1 aromatic carbocycles. The highest BCUT2D eigenvalue weighted by Crippen LogP contribution is 2.29. The van der Waals surface area contributed by atoms with Gasteiger partial charge in [-0.25, -0.2) is 4.98 Å². The number of hydrogen-bond donors (Lipinski definition) is 1. The second-order valence-corrected chi connectivity index (χ2v) is 4.26. The molecular formula is C14H19N3O. The summed E-state index contributed by atoms with van der Waals surface area (Å²) in [6, 6.07) is 8.07. The summed E-state index contributed by atoms with van der Waals surface area (Å²) in [4.78, 5) is 4.62. The predicted octanol–water partition coefficient (Wildman–Crippen LogP) is 2.38. The monoisotopic (exact) mass is 245 g/mol. The van der Waals surface area contributed by atoms with E-state index in [1.165, 1.54) is 0 Å². The number of nitrogens with zero attached hydrogens (tertiary/aromatic N) is 2. The van der Waals surface area contributed by atoms with E-state index in [1.807, 2.05) is 35.9 Å². The molecule has 96 valence electrons. The van der Waals surface area contributed by atoms with Crippen molar-refractivity contribution in [1.29, 1.82) is 0 Å². The van der Waals surface area contributed by atoms with Gasteiger partial charge in [-0.05, 0) is 5.56 Å². The molecule has 1 heterocycles. The highest BCUT2D eigenvalue weighted by molar-refractivity contribution is 5.73. The van der Waals surface area contributed by atoms with Crippen molar-refractivity contribution in [2.24, 2.45) is 7.05 Å². The lowest BCUT2D eigenvalue weighted by Crippen LogP contribution is -2.00. The zero-order valence-electron chi connectivity index (χ0n) is 11.1. The van der Waals surface area contributed by atoms with Crippen LogP contribution in [0.15, 0.2) is 24.3 Å². The number of rotatable bonds is 4.